The maximum atomic E-state index is 12.6. The average Bonchev–Trinajstić information content (AvgIpc) is 3.03. The van der Waals surface area contributed by atoms with E-state index in [1.807, 2.05) is 24.8 Å². The molecule has 0 fully saturated rings. The fourth-order valence-electron chi connectivity index (χ4n) is 3.38. The summed E-state index contributed by atoms with van der Waals surface area (Å²) < 4.78 is 2.25. The number of hydrogen-bond donors (Lipinski definition) is 0. The van der Waals surface area contributed by atoms with Gasteiger partial charge in [-0.05, 0) is 51.7 Å². The molecule has 1 aromatic carbocycles. The van der Waals surface area contributed by atoms with Gasteiger partial charge in [-0.1, -0.05) is 42.1 Å². The number of rotatable bonds is 7. The number of para-hydroxylation sites is 1. The van der Waals surface area contributed by atoms with Crippen LogP contribution in [0.25, 0.3) is 5.69 Å². The van der Waals surface area contributed by atoms with E-state index in [9.17, 15) is 4.79 Å². The number of aromatic nitrogens is 2. The van der Waals surface area contributed by atoms with Crippen molar-refractivity contribution >= 4 is 17.7 Å². The first kappa shape index (κ1) is 18.8. The van der Waals surface area contributed by atoms with Crippen LogP contribution in [0.2, 0.25) is 0 Å². The normalized spacial score (nSPS) is 13.3. The Morgan fingerprint density at radius 1 is 1.27 bits per heavy atom. The molecular formula is C21H27N3OS. The number of aryl methyl sites for hydroxylation is 1. The smallest absolute Gasteiger partial charge is 0.233 e. The van der Waals surface area contributed by atoms with Crippen molar-refractivity contribution in [2.75, 3.05) is 18.8 Å². The molecule has 4 nitrogen and oxygen atoms in total. The van der Waals surface area contributed by atoms with E-state index < -0.39 is 0 Å². The zero-order valence-electron chi connectivity index (χ0n) is 15.7. The number of likely N-dealkylation sites (N-methyl/N-ethyl adjacent to an activating group) is 1. The molecule has 0 bridgehead atoms. The Kier molecular flexibility index (Phi) is 6.20. The molecule has 1 aromatic heterocycles. The van der Waals surface area contributed by atoms with Crippen molar-refractivity contribution < 1.29 is 4.79 Å². The van der Waals surface area contributed by atoms with E-state index in [-0.39, 0.29) is 5.91 Å². The van der Waals surface area contributed by atoms with E-state index in [1.165, 1.54) is 24.2 Å². The van der Waals surface area contributed by atoms with Gasteiger partial charge in [0.25, 0.3) is 0 Å². The molecule has 1 aliphatic rings. The minimum absolute atomic E-state index is 0.140. The van der Waals surface area contributed by atoms with Crippen molar-refractivity contribution in [3.8, 4) is 5.69 Å². The molecule has 26 heavy (non-hydrogen) atoms. The van der Waals surface area contributed by atoms with E-state index in [4.69, 9.17) is 4.98 Å². The fraction of sp³-hybridized carbons (Fsp3) is 0.429. The minimum Gasteiger partial charge on any atom is -0.338 e. The number of nitrogens with zero attached hydrogens (tertiary/aromatic N) is 3. The maximum Gasteiger partial charge on any atom is 0.233 e. The predicted octanol–water partition coefficient (Wildman–Crippen LogP) is 4.27. The molecule has 1 heterocycles. The van der Waals surface area contributed by atoms with E-state index in [0.29, 0.717) is 18.8 Å². The Bertz CT molecular complexity index is 782. The first-order valence-electron chi connectivity index (χ1n) is 9.31. The average molecular weight is 370 g/mol. The molecule has 138 valence electrons. The van der Waals surface area contributed by atoms with Gasteiger partial charge in [0.15, 0.2) is 5.16 Å². The number of benzene rings is 1. The van der Waals surface area contributed by atoms with Crippen LogP contribution in [0.15, 0.2) is 47.6 Å². The summed E-state index contributed by atoms with van der Waals surface area (Å²) in [5.41, 5.74) is 4.65. The highest BCUT2D eigenvalue weighted by Gasteiger charge is 2.22. The Labute approximate surface area is 160 Å². The van der Waals surface area contributed by atoms with Crippen LogP contribution >= 0.6 is 11.8 Å². The van der Waals surface area contributed by atoms with Gasteiger partial charge < -0.3 is 4.90 Å². The van der Waals surface area contributed by atoms with Gasteiger partial charge in [0, 0.05) is 24.5 Å². The van der Waals surface area contributed by atoms with Gasteiger partial charge >= 0.3 is 0 Å². The van der Waals surface area contributed by atoms with Crippen molar-refractivity contribution in [1.82, 2.24) is 14.5 Å². The van der Waals surface area contributed by atoms with Gasteiger partial charge in [0.05, 0.1) is 11.4 Å². The molecule has 0 saturated carbocycles. The number of hydrogen-bond acceptors (Lipinski definition) is 3. The molecular weight excluding hydrogens is 342 g/mol. The van der Waals surface area contributed by atoms with Crippen molar-refractivity contribution in [3.63, 3.8) is 0 Å². The summed E-state index contributed by atoms with van der Waals surface area (Å²) in [7, 11) is 0. The van der Waals surface area contributed by atoms with Crippen LogP contribution in [0.1, 0.15) is 38.1 Å². The van der Waals surface area contributed by atoms with Crippen LogP contribution in [-0.2, 0) is 17.6 Å². The number of amides is 1. The van der Waals surface area contributed by atoms with Crippen LogP contribution < -0.4 is 0 Å². The molecule has 0 radical (unpaired) electrons. The quantitative estimate of drug-likeness (QED) is 0.540. The highest BCUT2D eigenvalue weighted by atomic mass is 32.2. The van der Waals surface area contributed by atoms with Crippen LogP contribution in [0.4, 0.5) is 0 Å². The standard InChI is InChI=1S/C21H27N3OS/c1-4-23(14-16(2)3)20(25)15-26-21-22-18-12-8-9-13-19(18)24(21)17-10-6-5-7-11-17/h5-7,10-11H,2,4,8-9,12-15H2,1,3H3. The first-order valence-corrected chi connectivity index (χ1v) is 10.3. The molecule has 2 aromatic rings. The van der Waals surface area contributed by atoms with Crippen molar-refractivity contribution in [1.29, 1.82) is 0 Å². The molecule has 0 saturated heterocycles. The highest BCUT2D eigenvalue weighted by molar-refractivity contribution is 7.99. The topological polar surface area (TPSA) is 38.1 Å². The minimum atomic E-state index is 0.140. The van der Waals surface area contributed by atoms with Gasteiger partial charge in [-0.25, -0.2) is 4.98 Å². The van der Waals surface area contributed by atoms with Crippen LogP contribution in [0, 0.1) is 0 Å². The Morgan fingerprint density at radius 2 is 2.00 bits per heavy atom. The summed E-state index contributed by atoms with van der Waals surface area (Å²) in [6.07, 6.45) is 4.50. The fourth-order valence-corrected chi connectivity index (χ4v) is 4.33. The van der Waals surface area contributed by atoms with Crippen molar-refractivity contribution in [3.05, 3.63) is 53.9 Å². The second kappa shape index (κ2) is 8.58. The summed E-state index contributed by atoms with van der Waals surface area (Å²) in [4.78, 5) is 19.3. The largest absolute Gasteiger partial charge is 0.338 e. The van der Waals surface area contributed by atoms with Gasteiger partial charge in [0.1, 0.15) is 0 Å². The number of carbonyl (C=O) groups excluding carboxylic acids is 1. The van der Waals surface area contributed by atoms with Crippen LogP contribution in [0.5, 0.6) is 0 Å². The Balaban J connectivity index is 1.83. The lowest BCUT2D eigenvalue weighted by Gasteiger charge is -2.21. The van der Waals surface area contributed by atoms with Crippen molar-refractivity contribution in [2.45, 2.75) is 44.7 Å². The zero-order valence-corrected chi connectivity index (χ0v) is 16.5. The molecule has 1 aliphatic carbocycles. The Morgan fingerprint density at radius 3 is 2.69 bits per heavy atom. The van der Waals surface area contributed by atoms with E-state index in [1.54, 1.807) is 11.8 Å². The third-order valence-electron chi connectivity index (χ3n) is 4.64. The van der Waals surface area contributed by atoms with Crippen molar-refractivity contribution in [2.24, 2.45) is 0 Å². The highest BCUT2D eigenvalue weighted by Crippen LogP contribution is 2.30. The molecule has 0 atom stereocenters. The van der Waals surface area contributed by atoms with Gasteiger partial charge in [-0.2, -0.15) is 0 Å². The van der Waals surface area contributed by atoms with Gasteiger partial charge in [0.2, 0.25) is 5.91 Å². The Hall–Kier alpha value is -2.01. The second-order valence-electron chi connectivity index (χ2n) is 6.82. The van der Waals surface area contributed by atoms with Gasteiger partial charge in [-0.15, -0.1) is 0 Å². The number of thioether (sulfide) groups is 1. The summed E-state index contributed by atoms with van der Waals surface area (Å²) in [5, 5.41) is 0.933. The number of imidazole rings is 1. The van der Waals surface area contributed by atoms with E-state index in [0.717, 1.165) is 29.3 Å². The molecule has 3 rings (SSSR count). The zero-order chi connectivity index (χ0) is 18.5. The number of fused-ring (bicyclic) bond motifs is 1. The lowest BCUT2D eigenvalue weighted by molar-refractivity contribution is -0.127. The molecule has 0 aliphatic heterocycles. The third-order valence-corrected chi connectivity index (χ3v) is 5.56. The SMILES string of the molecule is C=C(C)CN(CC)C(=O)CSc1nc2c(n1-c1ccccc1)CCCC2. The van der Waals surface area contributed by atoms with Crippen LogP contribution in [-0.4, -0.2) is 39.2 Å². The molecule has 5 heteroatoms. The monoisotopic (exact) mass is 369 g/mol. The maximum absolute atomic E-state index is 12.6. The molecule has 0 N–H and O–H groups in total. The summed E-state index contributed by atoms with van der Waals surface area (Å²) in [6, 6.07) is 10.4. The predicted molar refractivity (Wildman–Crippen MR) is 108 cm³/mol. The summed E-state index contributed by atoms with van der Waals surface area (Å²) in [6.45, 7) is 9.22. The third kappa shape index (κ3) is 4.21. The lowest BCUT2D eigenvalue weighted by Crippen LogP contribution is -2.33. The number of carbonyl (C=O) groups is 1. The summed E-state index contributed by atoms with van der Waals surface area (Å²) in [5.74, 6) is 0.546. The molecule has 1 amide bonds. The summed E-state index contributed by atoms with van der Waals surface area (Å²) >= 11 is 1.55. The van der Waals surface area contributed by atoms with Crippen LogP contribution in [0.3, 0.4) is 0 Å². The van der Waals surface area contributed by atoms with E-state index in [2.05, 4.69) is 35.4 Å². The lowest BCUT2D eigenvalue weighted by atomic mass is 10.0. The van der Waals surface area contributed by atoms with E-state index >= 15 is 0 Å². The first-order chi connectivity index (χ1) is 12.6. The molecule has 0 spiro atoms. The van der Waals surface area contributed by atoms with Gasteiger partial charge in [-0.3, -0.25) is 9.36 Å². The second-order valence-corrected chi connectivity index (χ2v) is 7.76. The molecule has 0 unspecified atom stereocenters.